The minimum Gasteiger partial charge on any atom is -0.312 e. The van der Waals surface area contributed by atoms with E-state index in [1.165, 1.54) is 17.5 Å². The second-order valence-corrected chi connectivity index (χ2v) is 8.95. The monoisotopic (exact) mass is 380 g/mol. The van der Waals surface area contributed by atoms with Crippen LogP contribution in [0.1, 0.15) is 50.4 Å². The summed E-state index contributed by atoms with van der Waals surface area (Å²) >= 11 is 0. The standard InChI is InChI=1S/C22H28N4O2/c1-14-10-19(26(24-14)22(2,3)4)23-21(28)17-12-20(27)25(13-17)18-9-8-15-6-5-7-16(15)11-18/h8-11,17H,5-7,12-13H2,1-4H3,(H,23,28). The highest BCUT2D eigenvalue weighted by Crippen LogP contribution is 2.31. The molecule has 148 valence electrons. The number of aryl methyl sites for hydroxylation is 3. The maximum Gasteiger partial charge on any atom is 0.230 e. The first-order valence-electron chi connectivity index (χ1n) is 10.0. The number of carbonyl (C=O) groups is 2. The number of nitrogens with one attached hydrogen (secondary N) is 1. The highest BCUT2D eigenvalue weighted by molar-refractivity contribution is 6.03. The summed E-state index contributed by atoms with van der Waals surface area (Å²) in [4.78, 5) is 27.2. The molecule has 4 rings (SSSR count). The van der Waals surface area contributed by atoms with E-state index in [-0.39, 0.29) is 29.7 Å². The predicted octanol–water partition coefficient (Wildman–Crippen LogP) is 3.43. The van der Waals surface area contributed by atoms with Gasteiger partial charge in [0.15, 0.2) is 0 Å². The number of hydrogen-bond acceptors (Lipinski definition) is 3. The van der Waals surface area contributed by atoms with Crippen LogP contribution in [0.2, 0.25) is 0 Å². The third kappa shape index (κ3) is 3.43. The minimum absolute atomic E-state index is 0.0126. The lowest BCUT2D eigenvalue weighted by Crippen LogP contribution is -2.31. The Morgan fingerprint density at radius 1 is 1.18 bits per heavy atom. The molecule has 1 atom stereocenters. The molecule has 0 spiro atoms. The Morgan fingerprint density at radius 2 is 1.93 bits per heavy atom. The SMILES string of the molecule is Cc1cc(NC(=O)C2CC(=O)N(c3ccc4c(c3)CCC4)C2)n(C(C)(C)C)n1. The Balaban J connectivity index is 1.49. The first-order valence-corrected chi connectivity index (χ1v) is 10.0. The molecule has 2 aliphatic rings. The van der Waals surface area contributed by atoms with Gasteiger partial charge in [-0.15, -0.1) is 0 Å². The average Bonchev–Trinajstić information content (AvgIpc) is 3.31. The molecule has 1 N–H and O–H groups in total. The van der Waals surface area contributed by atoms with Crippen molar-refractivity contribution in [3.8, 4) is 0 Å². The minimum atomic E-state index is -0.357. The molecule has 1 aromatic carbocycles. The highest BCUT2D eigenvalue weighted by atomic mass is 16.2. The van der Waals surface area contributed by atoms with E-state index in [1.54, 1.807) is 4.90 Å². The summed E-state index contributed by atoms with van der Waals surface area (Å²) < 4.78 is 1.83. The first-order chi connectivity index (χ1) is 13.2. The van der Waals surface area contributed by atoms with E-state index in [9.17, 15) is 9.59 Å². The largest absolute Gasteiger partial charge is 0.312 e. The van der Waals surface area contributed by atoms with Crippen molar-refractivity contribution in [1.29, 1.82) is 0 Å². The maximum atomic E-state index is 12.9. The van der Waals surface area contributed by atoms with Gasteiger partial charge in [-0.25, -0.2) is 4.68 Å². The summed E-state index contributed by atoms with van der Waals surface area (Å²) in [7, 11) is 0. The van der Waals surface area contributed by atoms with Crippen LogP contribution in [-0.2, 0) is 28.0 Å². The van der Waals surface area contributed by atoms with Crippen LogP contribution >= 0.6 is 0 Å². The molecule has 1 aromatic heterocycles. The molecule has 6 heteroatoms. The van der Waals surface area contributed by atoms with Crippen LogP contribution in [-0.4, -0.2) is 28.1 Å². The van der Waals surface area contributed by atoms with Gasteiger partial charge in [-0.2, -0.15) is 5.10 Å². The number of rotatable bonds is 3. The molecule has 1 fully saturated rings. The smallest absolute Gasteiger partial charge is 0.230 e. The zero-order valence-electron chi connectivity index (χ0n) is 17.1. The molecule has 1 aliphatic heterocycles. The van der Waals surface area contributed by atoms with Crippen LogP contribution in [0.3, 0.4) is 0 Å². The Morgan fingerprint density at radius 3 is 2.68 bits per heavy atom. The molecule has 1 unspecified atom stereocenters. The number of hydrogen-bond donors (Lipinski definition) is 1. The van der Waals surface area contributed by atoms with Crippen molar-refractivity contribution < 1.29 is 9.59 Å². The number of aromatic nitrogens is 2. The Hall–Kier alpha value is -2.63. The summed E-state index contributed by atoms with van der Waals surface area (Å²) in [5.41, 5.74) is 4.25. The molecule has 2 heterocycles. The second kappa shape index (κ2) is 6.76. The van der Waals surface area contributed by atoms with Gasteiger partial charge in [-0.05, 0) is 70.2 Å². The fourth-order valence-electron chi connectivity index (χ4n) is 4.19. The zero-order valence-corrected chi connectivity index (χ0v) is 17.1. The Kier molecular flexibility index (Phi) is 4.52. The van der Waals surface area contributed by atoms with Crippen molar-refractivity contribution in [1.82, 2.24) is 9.78 Å². The molecule has 0 bridgehead atoms. The van der Waals surface area contributed by atoms with E-state index in [4.69, 9.17) is 0 Å². The van der Waals surface area contributed by atoms with E-state index in [0.717, 1.165) is 24.2 Å². The predicted molar refractivity (Wildman–Crippen MR) is 110 cm³/mol. The lowest BCUT2D eigenvalue weighted by Gasteiger charge is -2.23. The highest BCUT2D eigenvalue weighted by Gasteiger charge is 2.36. The van der Waals surface area contributed by atoms with Crippen LogP contribution < -0.4 is 10.2 Å². The third-order valence-electron chi connectivity index (χ3n) is 5.61. The number of anilines is 2. The van der Waals surface area contributed by atoms with Gasteiger partial charge in [0, 0.05) is 24.7 Å². The number of benzene rings is 1. The molecule has 1 saturated heterocycles. The summed E-state index contributed by atoms with van der Waals surface area (Å²) in [5, 5.41) is 7.49. The lowest BCUT2D eigenvalue weighted by atomic mass is 10.1. The number of fused-ring (bicyclic) bond motifs is 1. The molecule has 1 aliphatic carbocycles. The van der Waals surface area contributed by atoms with Crippen molar-refractivity contribution in [3.63, 3.8) is 0 Å². The van der Waals surface area contributed by atoms with Crippen molar-refractivity contribution in [2.24, 2.45) is 5.92 Å². The van der Waals surface area contributed by atoms with Gasteiger partial charge in [0.2, 0.25) is 11.8 Å². The number of carbonyl (C=O) groups excluding carboxylic acids is 2. The maximum absolute atomic E-state index is 12.9. The van der Waals surface area contributed by atoms with Crippen LogP contribution in [0.25, 0.3) is 0 Å². The molecule has 0 saturated carbocycles. The van der Waals surface area contributed by atoms with Gasteiger partial charge in [-0.1, -0.05) is 6.07 Å². The van der Waals surface area contributed by atoms with Gasteiger partial charge in [-0.3, -0.25) is 9.59 Å². The van der Waals surface area contributed by atoms with Crippen molar-refractivity contribution in [2.45, 2.75) is 58.9 Å². The van der Waals surface area contributed by atoms with E-state index in [1.807, 2.05) is 44.5 Å². The lowest BCUT2D eigenvalue weighted by molar-refractivity contribution is -0.122. The summed E-state index contributed by atoms with van der Waals surface area (Å²) in [5.74, 6) is 0.212. The molecule has 2 aromatic rings. The van der Waals surface area contributed by atoms with Gasteiger partial charge >= 0.3 is 0 Å². The molecular formula is C22H28N4O2. The van der Waals surface area contributed by atoms with Gasteiger partial charge in [0.25, 0.3) is 0 Å². The Labute approximate surface area is 165 Å². The Bertz CT molecular complexity index is 938. The first kappa shape index (κ1) is 18.7. The van der Waals surface area contributed by atoms with Crippen LogP contribution in [0.15, 0.2) is 24.3 Å². The van der Waals surface area contributed by atoms with E-state index in [2.05, 4.69) is 22.5 Å². The zero-order chi connectivity index (χ0) is 20.1. The van der Waals surface area contributed by atoms with Gasteiger partial charge in [0.1, 0.15) is 5.82 Å². The van der Waals surface area contributed by atoms with E-state index >= 15 is 0 Å². The second-order valence-electron chi connectivity index (χ2n) is 8.95. The van der Waals surface area contributed by atoms with Crippen LogP contribution in [0.5, 0.6) is 0 Å². The normalized spacial score (nSPS) is 19.2. The topological polar surface area (TPSA) is 67.2 Å². The molecule has 0 radical (unpaired) electrons. The number of nitrogens with zero attached hydrogens (tertiary/aromatic N) is 3. The average molecular weight is 380 g/mol. The molecule has 6 nitrogen and oxygen atoms in total. The summed E-state index contributed by atoms with van der Waals surface area (Å²) in [6.45, 7) is 8.47. The van der Waals surface area contributed by atoms with Crippen molar-refractivity contribution in [2.75, 3.05) is 16.8 Å². The van der Waals surface area contributed by atoms with Crippen molar-refractivity contribution >= 4 is 23.3 Å². The quantitative estimate of drug-likeness (QED) is 0.887. The van der Waals surface area contributed by atoms with E-state index in [0.29, 0.717) is 12.4 Å². The molecule has 2 amide bonds. The van der Waals surface area contributed by atoms with Crippen LogP contribution in [0.4, 0.5) is 11.5 Å². The van der Waals surface area contributed by atoms with Crippen LogP contribution in [0, 0.1) is 12.8 Å². The summed E-state index contributed by atoms with van der Waals surface area (Å²) in [6, 6.07) is 8.14. The molecular weight excluding hydrogens is 352 g/mol. The van der Waals surface area contributed by atoms with Gasteiger partial charge in [0.05, 0.1) is 17.2 Å². The number of amides is 2. The summed E-state index contributed by atoms with van der Waals surface area (Å²) in [6.07, 6.45) is 3.62. The fourth-order valence-corrected chi connectivity index (χ4v) is 4.19. The fraction of sp³-hybridized carbons (Fsp3) is 0.500. The third-order valence-corrected chi connectivity index (χ3v) is 5.61. The van der Waals surface area contributed by atoms with Crippen molar-refractivity contribution in [3.05, 3.63) is 41.1 Å². The molecule has 28 heavy (non-hydrogen) atoms. The van der Waals surface area contributed by atoms with E-state index < -0.39 is 0 Å². The van der Waals surface area contributed by atoms with Gasteiger partial charge < -0.3 is 10.2 Å².